The smallest absolute Gasteiger partial charge is 0.854 e. The molecule has 0 aliphatic rings. The largest absolute Gasteiger partial charge is 2.00 e. The number of carboxylic acid groups (broad SMARTS) is 1. The minimum atomic E-state index is -1.28. The number of carbonyl (C=O) groups excluding carboxylic acids is 2. The monoisotopic (exact) mass is 292 g/mol. The van der Waals surface area contributed by atoms with Crippen LogP contribution in [0, 0.1) is 0 Å². The molecule has 0 spiro atoms. The molecule has 0 aromatic carbocycles. The van der Waals surface area contributed by atoms with E-state index in [9.17, 15) is 19.8 Å². The minimum Gasteiger partial charge on any atom is -0.854 e. The number of carboxylic acids is 1. The second-order valence-corrected chi connectivity index (χ2v) is 2.90. The molecule has 0 amide bonds. The molecule has 0 N–H and O–H groups in total. The van der Waals surface area contributed by atoms with Gasteiger partial charge >= 0.3 is 26.2 Å². The molecule has 0 unspecified atom stereocenters. The first-order chi connectivity index (χ1) is 6.58. The molecule has 0 saturated carbocycles. The van der Waals surface area contributed by atoms with E-state index in [0.717, 1.165) is 12.8 Å². The first-order valence-corrected chi connectivity index (χ1v) is 4.88. The van der Waals surface area contributed by atoms with Crippen LogP contribution in [0.25, 0.3) is 0 Å². The number of hydrogen-bond acceptors (Lipinski definition) is 4. The van der Waals surface area contributed by atoms with E-state index >= 15 is 0 Å². The van der Waals surface area contributed by atoms with E-state index in [2.05, 4.69) is 0 Å². The maximum Gasteiger partial charge on any atom is 2.00 e. The predicted octanol–water partition coefficient (Wildman–Crippen LogP) is -0.360. The molecule has 15 heavy (non-hydrogen) atoms. The summed E-state index contributed by atoms with van der Waals surface area (Å²) < 4.78 is 0. The maximum absolute atomic E-state index is 10.4. The van der Waals surface area contributed by atoms with Crippen molar-refractivity contribution in [3.05, 3.63) is 0 Å². The molecule has 0 fully saturated rings. The fraction of sp³-hybridized carbons (Fsp3) is 0.800. The second kappa shape index (κ2) is 16.4. The second-order valence-electron chi connectivity index (χ2n) is 2.90. The Bertz CT molecular complexity index is 158. The SMILES string of the molecule is CCCC(=O)CC(=O)[O-].CCCC[O-].[Zr+2]. The summed E-state index contributed by atoms with van der Waals surface area (Å²) >= 11 is 0. The van der Waals surface area contributed by atoms with Gasteiger partial charge in [0.15, 0.2) is 0 Å². The van der Waals surface area contributed by atoms with E-state index in [1.54, 1.807) is 0 Å². The Kier molecular flexibility index (Phi) is 22.3. The van der Waals surface area contributed by atoms with Crippen LogP contribution in [-0.2, 0) is 35.8 Å². The van der Waals surface area contributed by atoms with E-state index in [-0.39, 0.29) is 38.6 Å². The van der Waals surface area contributed by atoms with Crippen LogP contribution in [-0.4, -0.2) is 18.4 Å². The van der Waals surface area contributed by atoms with E-state index in [0.29, 0.717) is 12.8 Å². The third kappa shape index (κ3) is 24.9. The quantitative estimate of drug-likeness (QED) is 0.626. The van der Waals surface area contributed by atoms with Gasteiger partial charge in [0.1, 0.15) is 5.78 Å². The van der Waals surface area contributed by atoms with Gasteiger partial charge in [-0.3, -0.25) is 4.79 Å². The zero-order valence-electron chi connectivity index (χ0n) is 9.38. The first-order valence-electron chi connectivity index (χ1n) is 4.88. The molecule has 86 valence electrons. The normalized spacial score (nSPS) is 8.20. The van der Waals surface area contributed by atoms with Crippen molar-refractivity contribution in [1.29, 1.82) is 0 Å². The summed E-state index contributed by atoms with van der Waals surface area (Å²) in [6.07, 6.45) is 2.47. The number of carbonyl (C=O) groups is 2. The van der Waals surface area contributed by atoms with Crippen molar-refractivity contribution in [1.82, 2.24) is 0 Å². The molecule has 0 saturated heterocycles. The first kappa shape index (κ1) is 20.4. The Balaban J connectivity index is -0.000000208. The fourth-order valence-corrected chi connectivity index (χ4v) is 0.673. The van der Waals surface area contributed by atoms with E-state index in [1.807, 2.05) is 13.8 Å². The molecule has 0 aliphatic carbocycles. The van der Waals surface area contributed by atoms with Gasteiger partial charge in [-0.15, -0.1) is 6.61 Å². The average Bonchev–Trinajstić information content (AvgIpc) is 2.05. The van der Waals surface area contributed by atoms with Gasteiger partial charge < -0.3 is 15.0 Å². The minimum absolute atomic E-state index is 0. The molecule has 5 heteroatoms. The van der Waals surface area contributed by atoms with Gasteiger partial charge in [-0.05, 0) is 6.42 Å². The Morgan fingerprint density at radius 2 is 1.67 bits per heavy atom. The van der Waals surface area contributed by atoms with Gasteiger partial charge in [-0.2, -0.15) is 0 Å². The molecule has 0 radical (unpaired) electrons. The van der Waals surface area contributed by atoms with Gasteiger partial charge in [0.05, 0.1) is 0 Å². The van der Waals surface area contributed by atoms with Crippen LogP contribution < -0.4 is 10.2 Å². The maximum atomic E-state index is 10.4. The Labute approximate surface area is 110 Å². The number of rotatable bonds is 6. The molecule has 0 aromatic rings. The summed E-state index contributed by atoms with van der Waals surface area (Å²) in [6.45, 7) is 3.93. The van der Waals surface area contributed by atoms with Gasteiger partial charge in [0, 0.05) is 18.8 Å². The number of Topliss-reactive ketones (excluding diaryl/α,β-unsaturated/α-hetero) is 1. The van der Waals surface area contributed by atoms with Crippen LogP contribution >= 0.6 is 0 Å². The van der Waals surface area contributed by atoms with Crippen molar-refractivity contribution in [2.45, 2.75) is 46.0 Å². The van der Waals surface area contributed by atoms with Crippen LogP contribution in [0.2, 0.25) is 0 Å². The van der Waals surface area contributed by atoms with E-state index in [1.165, 1.54) is 0 Å². The molecular formula is C10H18O4Zr. The van der Waals surface area contributed by atoms with Crippen LogP contribution in [0.3, 0.4) is 0 Å². The molecule has 0 rings (SSSR count). The predicted molar refractivity (Wildman–Crippen MR) is 49.3 cm³/mol. The standard InChI is InChI=1S/C6H10O3.C4H9O.Zr/c1-2-3-5(7)4-6(8)9;1-2-3-4-5;/h2-4H2,1H3,(H,8,9);2-4H2,1H3;/q;-1;+2/p-1. The summed E-state index contributed by atoms with van der Waals surface area (Å²) in [7, 11) is 0. The molecular weight excluding hydrogens is 275 g/mol. The summed E-state index contributed by atoms with van der Waals surface area (Å²) in [5.41, 5.74) is 0. The van der Waals surface area contributed by atoms with Crippen molar-refractivity contribution in [2.24, 2.45) is 0 Å². The summed E-state index contributed by atoms with van der Waals surface area (Å²) in [5, 5.41) is 19.3. The molecule has 0 bridgehead atoms. The zero-order chi connectivity index (χ0) is 11.4. The van der Waals surface area contributed by atoms with Crippen LogP contribution in [0.5, 0.6) is 0 Å². The summed E-state index contributed by atoms with van der Waals surface area (Å²) in [6, 6.07) is 0. The van der Waals surface area contributed by atoms with Gasteiger partial charge in [0.25, 0.3) is 0 Å². The number of unbranched alkanes of at least 4 members (excludes halogenated alkanes) is 1. The van der Waals surface area contributed by atoms with Crippen molar-refractivity contribution in [2.75, 3.05) is 6.61 Å². The third-order valence-electron chi connectivity index (χ3n) is 1.37. The van der Waals surface area contributed by atoms with Crippen molar-refractivity contribution >= 4 is 11.8 Å². The summed E-state index contributed by atoms with van der Waals surface area (Å²) in [5.74, 6) is -1.54. The van der Waals surface area contributed by atoms with E-state index < -0.39 is 12.4 Å². The Morgan fingerprint density at radius 1 is 1.13 bits per heavy atom. The Hall–Kier alpha value is -0.0169. The van der Waals surface area contributed by atoms with Gasteiger partial charge in [-0.1, -0.05) is 26.7 Å². The number of aliphatic carboxylic acids is 1. The van der Waals surface area contributed by atoms with Crippen LogP contribution in [0.15, 0.2) is 0 Å². The molecule has 0 aromatic heterocycles. The average molecular weight is 293 g/mol. The number of ketones is 1. The van der Waals surface area contributed by atoms with Crippen molar-refractivity contribution in [3.63, 3.8) is 0 Å². The molecule has 4 nitrogen and oxygen atoms in total. The van der Waals surface area contributed by atoms with Gasteiger partial charge in [0.2, 0.25) is 0 Å². The van der Waals surface area contributed by atoms with Crippen LogP contribution in [0.4, 0.5) is 0 Å². The van der Waals surface area contributed by atoms with Crippen molar-refractivity contribution < 1.29 is 46.0 Å². The fourth-order valence-electron chi connectivity index (χ4n) is 0.673. The number of hydrogen-bond donors (Lipinski definition) is 0. The van der Waals surface area contributed by atoms with Crippen molar-refractivity contribution in [3.8, 4) is 0 Å². The van der Waals surface area contributed by atoms with E-state index in [4.69, 9.17) is 0 Å². The third-order valence-corrected chi connectivity index (χ3v) is 1.37. The molecule has 0 aliphatic heterocycles. The van der Waals surface area contributed by atoms with Crippen LogP contribution in [0.1, 0.15) is 46.0 Å². The topological polar surface area (TPSA) is 80.3 Å². The Morgan fingerprint density at radius 3 is 1.87 bits per heavy atom. The molecule has 0 atom stereocenters. The molecule has 0 heterocycles. The van der Waals surface area contributed by atoms with Gasteiger partial charge in [-0.25, -0.2) is 0 Å². The zero-order valence-corrected chi connectivity index (χ0v) is 11.8. The summed E-state index contributed by atoms with van der Waals surface area (Å²) in [4.78, 5) is 20.2.